The number of carbonyl (C=O) groups is 1. The van der Waals surface area contributed by atoms with Gasteiger partial charge in [0.05, 0.1) is 6.04 Å². The largest absolute Gasteiger partial charge is 0.465 e. The molecule has 1 aliphatic rings. The van der Waals surface area contributed by atoms with Gasteiger partial charge in [-0.25, -0.2) is 18.0 Å². The molecule has 0 spiro atoms. The molecule has 0 radical (unpaired) electrons. The maximum Gasteiger partial charge on any atom is 0.404 e. The predicted molar refractivity (Wildman–Crippen MR) is 85.7 cm³/mol. The molecule has 7 heteroatoms. The highest BCUT2D eigenvalue weighted by Crippen LogP contribution is 2.31. The standard InChI is InChI=1S/C18H17F3N2O2/c19-14-7-16(21)15(20)6-12(14)13-9-23(10-17(13)22-18(24)25)8-11-4-2-1-3-5-11/h1-7,13,17,22H,8-10H2,(H,24,25)/t13-,17+/m1/s1. The van der Waals surface area contributed by atoms with Crippen molar-refractivity contribution in [1.29, 1.82) is 0 Å². The summed E-state index contributed by atoms with van der Waals surface area (Å²) in [6, 6.07) is 10.3. The molecule has 132 valence electrons. The molecule has 1 aliphatic heterocycles. The molecule has 4 nitrogen and oxygen atoms in total. The molecule has 0 unspecified atom stereocenters. The second-order valence-electron chi connectivity index (χ2n) is 6.13. The lowest BCUT2D eigenvalue weighted by Crippen LogP contribution is -2.39. The van der Waals surface area contributed by atoms with Gasteiger partial charge in [-0.3, -0.25) is 4.90 Å². The van der Waals surface area contributed by atoms with Crippen LogP contribution >= 0.6 is 0 Å². The van der Waals surface area contributed by atoms with Crippen LogP contribution in [0.4, 0.5) is 18.0 Å². The molecule has 0 aromatic heterocycles. The number of nitrogens with one attached hydrogen (secondary N) is 1. The van der Waals surface area contributed by atoms with Gasteiger partial charge in [0, 0.05) is 31.6 Å². The highest BCUT2D eigenvalue weighted by molar-refractivity contribution is 5.65. The van der Waals surface area contributed by atoms with Gasteiger partial charge in [0.1, 0.15) is 5.82 Å². The molecule has 0 aliphatic carbocycles. The first-order valence-corrected chi connectivity index (χ1v) is 7.84. The van der Waals surface area contributed by atoms with E-state index < -0.39 is 35.5 Å². The summed E-state index contributed by atoms with van der Waals surface area (Å²) in [7, 11) is 0. The average Bonchev–Trinajstić information content (AvgIpc) is 2.93. The van der Waals surface area contributed by atoms with Crippen LogP contribution in [-0.2, 0) is 6.54 Å². The van der Waals surface area contributed by atoms with E-state index in [-0.39, 0.29) is 5.56 Å². The van der Waals surface area contributed by atoms with Crippen molar-refractivity contribution in [2.75, 3.05) is 13.1 Å². The summed E-state index contributed by atoms with van der Waals surface area (Å²) in [5, 5.41) is 11.4. The van der Waals surface area contributed by atoms with Gasteiger partial charge in [0.2, 0.25) is 0 Å². The van der Waals surface area contributed by atoms with Crippen molar-refractivity contribution in [1.82, 2.24) is 10.2 Å². The Labute approximate surface area is 142 Å². The summed E-state index contributed by atoms with van der Waals surface area (Å²) < 4.78 is 40.9. The van der Waals surface area contributed by atoms with Crippen molar-refractivity contribution in [3.63, 3.8) is 0 Å². The normalized spacial score (nSPS) is 20.6. The van der Waals surface area contributed by atoms with Crippen molar-refractivity contribution in [3.8, 4) is 0 Å². The summed E-state index contributed by atoms with van der Waals surface area (Å²) in [4.78, 5) is 13.0. The first kappa shape index (κ1) is 17.3. The van der Waals surface area contributed by atoms with Gasteiger partial charge in [0.15, 0.2) is 11.6 Å². The van der Waals surface area contributed by atoms with E-state index in [1.165, 1.54) is 0 Å². The Morgan fingerprint density at radius 1 is 1.08 bits per heavy atom. The van der Waals surface area contributed by atoms with Crippen molar-refractivity contribution in [2.45, 2.75) is 18.5 Å². The summed E-state index contributed by atoms with van der Waals surface area (Å²) in [6.45, 7) is 1.24. The lowest BCUT2D eigenvalue weighted by molar-refractivity contribution is 0.188. The van der Waals surface area contributed by atoms with Crippen molar-refractivity contribution in [2.24, 2.45) is 0 Å². The van der Waals surface area contributed by atoms with E-state index in [9.17, 15) is 18.0 Å². The Bertz CT molecular complexity index is 770. The number of carboxylic acid groups (broad SMARTS) is 1. The topological polar surface area (TPSA) is 52.6 Å². The predicted octanol–water partition coefficient (Wildman–Crippen LogP) is 3.34. The summed E-state index contributed by atoms with van der Waals surface area (Å²) in [5.41, 5.74) is 1.01. The monoisotopic (exact) mass is 350 g/mol. The number of benzene rings is 2. The molecule has 1 amide bonds. The number of nitrogens with zero attached hydrogens (tertiary/aromatic N) is 1. The fraction of sp³-hybridized carbons (Fsp3) is 0.278. The highest BCUT2D eigenvalue weighted by Gasteiger charge is 2.36. The Morgan fingerprint density at radius 3 is 2.44 bits per heavy atom. The Kier molecular flexibility index (Phi) is 4.94. The van der Waals surface area contributed by atoms with Crippen LogP contribution in [0.5, 0.6) is 0 Å². The van der Waals surface area contributed by atoms with Gasteiger partial charge >= 0.3 is 6.09 Å². The first-order chi connectivity index (χ1) is 11.9. The van der Waals surface area contributed by atoms with E-state index in [4.69, 9.17) is 5.11 Å². The number of halogens is 3. The van der Waals surface area contributed by atoms with Crippen LogP contribution < -0.4 is 5.32 Å². The average molecular weight is 350 g/mol. The van der Waals surface area contributed by atoms with Gasteiger partial charge in [-0.15, -0.1) is 0 Å². The molecule has 0 saturated carbocycles. The molecule has 1 saturated heterocycles. The van der Waals surface area contributed by atoms with Crippen LogP contribution in [0.15, 0.2) is 42.5 Å². The molecular weight excluding hydrogens is 333 g/mol. The number of hydrogen-bond acceptors (Lipinski definition) is 2. The van der Waals surface area contributed by atoms with E-state index >= 15 is 0 Å². The van der Waals surface area contributed by atoms with E-state index in [1.807, 2.05) is 35.2 Å². The molecule has 1 fully saturated rings. The smallest absolute Gasteiger partial charge is 0.404 e. The SMILES string of the molecule is O=C(O)N[C@H]1CN(Cc2ccccc2)C[C@@H]1c1cc(F)c(F)cc1F. The van der Waals surface area contributed by atoms with Crippen molar-refractivity contribution < 1.29 is 23.1 Å². The second kappa shape index (κ2) is 7.14. The molecule has 0 bridgehead atoms. The molecule has 1 heterocycles. The first-order valence-electron chi connectivity index (χ1n) is 7.84. The third-order valence-corrected chi connectivity index (χ3v) is 4.39. The molecule has 3 rings (SSSR count). The van der Waals surface area contributed by atoms with Crippen molar-refractivity contribution in [3.05, 3.63) is 71.0 Å². The molecule has 25 heavy (non-hydrogen) atoms. The zero-order valence-electron chi connectivity index (χ0n) is 13.3. The van der Waals surface area contributed by atoms with Gasteiger partial charge in [-0.1, -0.05) is 30.3 Å². The van der Waals surface area contributed by atoms with Gasteiger partial charge in [-0.2, -0.15) is 0 Å². The fourth-order valence-electron chi connectivity index (χ4n) is 3.30. The zero-order valence-corrected chi connectivity index (χ0v) is 13.3. The minimum atomic E-state index is -1.26. The van der Waals surface area contributed by atoms with Gasteiger partial charge in [-0.05, 0) is 17.2 Å². The third kappa shape index (κ3) is 3.93. The number of rotatable bonds is 4. The molecule has 2 aromatic rings. The molecule has 2 atom stereocenters. The lowest BCUT2D eigenvalue weighted by Gasteiger charge is -2.19. The maximum absolute atomic E-state index is 14.1. The maximum atomic E-state index is 14.1. The van der Waals surface area contributed by atoms with Crippen LogP contribution in [-0.4, -0.2) is 35.2 Å². The fourth-order valence-corrected chi connectivity index (χ4v) is 3.30. The van der Waals surface area contributed by atoms with Crippen molar-refractivity contribution >= 4 is 6.09 Å². The van der Waals surface area contributed by atoms with E-state index in [0.29, 0.717) is 25.7 Å². The number of likely N-dealkylation sites (tertiary alicyclic amines) is 1. The Hall–Kier alpha value is -2.54. The Balaban J connectivity index is 1.85. The van der Waals surface area contributed by atoms with E-state index in [1.54, 1.807) is 0 Å². The second-order valence-corrected chi connectivity index (χ2v) is 6.13. The zero-order chi connectivity index (χ0) is 18.0. The Morgan fingerprint density at radius 2 is 1.76 bits per heavy atom. The number of amides is 1. The summed E-state index contributed by atoms with van der Waals surface area (Å²) >= 11 is 0. The number of hydrogen-bond donors (Lipinski definition) is 2. The highest BCUT2D eigenvalue weighted by atomic mass is 19.2. The van der Waals surface area contributed by atoms with E-state index in [0.717, 1.165) is 11.6 Å². The van der Waals surface area contributed by atoms with Crippen LogP contribution in [0.1, 0.15) is 17.0 Å². The summed E-state index contributed by atoms with van der Waals surface area (Å²) in [6.07, 6.45) is -1.24. The molecule has 2 aromatic carbocycles. The van der Waals surface area contributed by atoms with Gasteiger partial charge < -0.3 is 10.4 Å². The lowest BCUT2D eigenvalue weighted by atomic mass is 9.93. The van der Waals surface area contributed by atoms with E-state index in [2.05, 4.69) is 5.32 Å². The minimum Gasteiger partial charge on any atom is -0.465 e. The quantitative estimate of drug-likeness (QED) is 0.832. The van der Waals surface area contributed by atoms with Crippen LogP contribution in [0, 0.1) is 17.5 Å². The molecular formula is C18H17F3N2O2. The third-order valence-electron chi connectivity index (χ3n) is 4.39. The van der Waals surface area contributed by atoms with Crippen LogP contribution in [0.25, 0.3) is 0 Å². The van der Waals surface area contributed by atoms with Crippen LogP contribution in [0.3, 0.4) is 0 Å². The summed E-state index contributed by atoms with van der Waals surface area (Å²) in [5.74, 6) is -3.88. The molecule has 2 N–H and O–H groups in total. The minimum absolute atomic E-state index is 0.0202. The van der Waals surface area contributed by atoms with Gasteiger partial charge in [0.25, 0.3) is 0 Å². The van der Waals surface area contributed by atoms with Crippen LogP contribution in [0.2, 0.25) is 0 Å².